The highest BCUT2D eigenvalue weighted by Crippen LogP contribution is 2.33. The maximum absolute atomic E-state index is 10.6. The molecule has 3 heteroatoms. The molecule has 0 aliphatic carbocycles. The minimum absolute atomic E-state index is 0.211. The zero-order valence-electron chi connectivity index (χ0n) is 11.6. The Bertz CT molecular complexity index is 418. The van der Waals surface area contributed by atoms with Crippen LogP contribution in [0.5, 0.6) is 0 Å². The summed E-state index contributed by atoms with van der Waals surface area (Å²) in [5, 5.41) is 8.71. The molecule has 1 aromatic carbocycles. The highest BCUT2D eigenvalue weighted by Gasteiger charge is 2.32. The molecule has 1 aliphatic rings. The van der Waals surface area contributed by atoms with Crippen molar-refractivity contribution < 1.29 is 9.90 Å². The molecule has 1 aromatic rings. The minimum atomic E-state index is -0.692. The van der Waals surface area contributed by atoms with Gasteiger partial charge in [0.25, 0.3) is 0 Å². The normalized spacial score (nSPS) is 24.3. The zero-order chi connectivity index (χ0) is 13.7. The van der Waals surface area contributed by atoms with E-state index in [1.54, 1.807) is 0 Å². The van der Waals surface area contributed by atoms with Crippen LogP contribution in [0.4, 0.5) is 0 Å². The number of likely N-dealkylation sites (tertiary alicyclic amines) is 1. The predicted octanol–water partition coefficient (Wildman–Crippen LogP) is 2.90. The summed E-state index contributed by atoms with van der Waals surface area (Å²) in [6.45, 7) is 5.36. The molecule has 0 spiro atoms. The number of hydrogen-bond acceptors (Lipinski definition) is 2. The summed E-state index contributed by atoms with van der Waals surface area (Å²) in [6.07, 6.45) is 3.43. The molecule has 1 atom stereocenters. The molecule has 1 fully saturated rings. The summed E-state index contributed by atoms with van der Waals surface area (Å²) in [5.41, 5.74) is 1.61. The lowest BCUT2D eigenvalue weighted by Gasteiger charge is -2.41. The molecule has 0 amide bonds. The van der Waals surface area contributed by atoms with E-state index in [0.29, 0.717) is 0 Å². The molecule has 3 nitrogen and oxygen atoms in total. The van der Waals surface area contributed by atoms with Crippen molar-refractivity contribution in [1.82, 2.24) is 4.90 Å². The highest BCUT2D eigenvalue weighted by atomic mass is 16.4. The van der Waals surface area contributed by atoms with Crippen molar-refractivity contribution in [2.75, 3.05) is 19.6 Å². The fourth-order valence-electron chi connectivity index (χ4n) is 3.07. The second-order valence-electron chi connectivity index (χ2n) is 5.80. The van der Waals surface area contributed by atoms with Crippen molar-refractivity contribution in [2.24, 2.45) is 0 Å². The van der Waals surface area contributed by atoms with E-state index >= 15 is 0 Å². The van der Waals surface area contributed by atoms with Crippen LogP contribution in [0.1, 0.15) is 38.2 Å². The molecule has 1 saturated heterocycles. The fourth-order valence-corrected chi connectivity index (χ4v) is 3.07. The number of rotatable bonds is 5. The third-order valence-corrected chi connectivity index (χ3v) is 4.11. The Morgan fingerprint density at radius 1 is 1.37 bits per heavy atom. The smallest absolute Gasteiger partial charge is 0.303 e. The van der Waals surface area contributed by atoms with Crippen LogP contribution in [-0.2, 0) is 10.2 Å². The number of aliphatic carboxylic acids is 1. The number of piperidine rings is 1. The monoisotopic (exact) mass is 261 g/mol. The molecule has 19 heavy (non-hydrogen) atoms. The molecule has 0 bridgehead atoms. The summed E-state index contributed by atoms with van der Waals surface area (Å²) in [5.74, 6) is -0.692. The van der Waals surface area contributed by atoms with Crippen LogP contribution in [0.2, 0.25) is 0 Å². The van der Waals surface area contributed by atoms with Crippen LogP contribution >= 0.6 is 0 Å². The van der Waals surface area contributed by atoms with Gasteiger partial charge in [0.05, 0.1) is 0 Å². The molecular formula is C16H23NO2. The Morgan fingerprint density at radius 3 is 2.79 bits per heavy atom. The molecule has 0 saturated carbocycles. The predicted molar refractivity (Wildman–Crippen MR) is 76.3 cm³/mol. The van der Waals surface area contributed by atoms with Crippen LogP contribution < -0.4 is 0 Å². The summed E-state index contributed by atoms with van der Waals surface area (Å²) >= 11 is 0. The van der Waals surface area contributed by atoms with Crippen LogP contribution in [-0.4, -0.2) is 35.6 Å². The van der Waals surface area contributed by atoms with Gasteiger partial charge < -0.3 is 10.0 Å². The molecule has 0 radical (unpaired) electrons. The van der Waals surface area contributed by atoms with E-state index in [1.807, 2.05) is 0 Å². The molecule has 1 heterocycles. The molecule has 0 unspecified atom stereocenters. The van der Waals surface area contributed by atoms with E-state index in [0.717, 1.165) is 26.1 Å². The Morgan fingerprint density at radius 2 is 2.11 bits per heavy atom. The van der Waals surface area contributed by atoms with E-state index in [1.165, 1.54) is 18.4 Å². The maximum atomic E-state index is 10.6. The van der Waals surface area contributed by atoms with Crippen molar-refractivity contribution in [2.45, 2.75) is 38.0 Å². The summed E-state index contributed by atoms with van der Waals surface area (Å²) in [7, 11) is 0. The van der Waals surface area contributed by atoms with Crippen molar-refractivity contribution in [3.05, 3.63) is 35.9 Å². The van der Waals surface area contributed by atoms with Gasteiger partial charge in [0.1, 0.15) is 0 Å². The topological polar surface area (TPSA) is 40.5 Å². The lowest BCUT2D eigenvalue weighted by atomic mass is 9.76. The lowest BCUT2D eigenvalue weighted by molar-refractivity contribution is -0.137. The SMILES string of the molecule is C[C@@]1(c2ccccc2)CCCN(CCCC(=O)O)C1. The van der Waals surface area contributed by atoms with Gasteiger partial charge in [-0.05, 0) is 37.9 Å². The van der Waals surface area contributed by atoms with Crippen LogP contribution in [0, 0.1) is 0 Å². The van der Waals surface area contributed by atoms with E-state index in [2.05, 4.69) is 42.2 Å². The quantitative estimate of drug-likeness (QED) is 0.886. The van der Waals surface area contributed by atoms with E-state index in [9.17, 15) is 4.79 Å². The van der Waals surface area contributed by atoms with Gasteiger partial charge in [-0.3, -0.25) is 4.79 Å². The maximum Gasteiger partial charge on any atom is 0.303 e. The van der Waals surface area contributed by atoms with E-state index in [-0.39, 0.29) is 11.8 Å². The standard InChI is InChI=1S/C16H23NO2/c1-16(14-7-3-2-4-8-14)10-6-12-17(13-16)11-5-9-15(18)19/h2-4,7-8H,5-6,9-13H2,1H3,(H,18,19)/t16-/m1/s1. The van der Waals surface area contributed by atoms with E-state index < -0.39 is 5.97 Å². The third kappa shape index (κ3) is 3.80. The summed E-state index contributed by atoms with van der Waals surface area (Å²) in [6, 6.07) is 10.7. The molecular weight excluding hydrogens is 238 g/mol. The lowest BCUT2D eigenvalue weighted by Crippen LogP contribution is -2.44. The van der Waals surface area contributed by atoms with Gasteiger partial charge in [-0.25, -0.2) is 0 Å². The zero-order valence-corrected chi connectivity index (χ0v) is 11.6. The Labute approximate surface area is 115 Å². The number of carboxylic acids is 1. The van der Waals surface area contributed by atoms with Gasteiger partial charge in [0.15, 0.2) is 0 Å². The van der Waals surface area contributed by atoms with Crippen molar-refractivity contribution in [3.63, 3.8) is 0 Å². The second-order valence-corrected chi connectivity index (χ2v) is 5.80. The summed E-state index contributed by atoms with van der Waals surface area (Å²) < 4.78 is 0. The second kappa shape index (κ2) is 6.20. The van der Waals surface area contributed by atoms with Gasteiger partial charge in [-0.15, -0.1) is 0 Å². The fraction of sp³-hybridized carbons (Fsp3) is 0.562. The van der Waals surface area contributed by atoms with Crippen molar-refractivity contribution in [1.29, 1.82) is 0 Å². The Hall–Kier alpha value is -1.35. The minimum Gasteiger partial charge on any atom is -0.481 e. The third-order valence-electron chi connectivity index (χ3n) is 4.11. The van der Waals surface area contributed by atoms with Gasteiger partial charge in [-0.1, -0.05) is 37.3 Å². The Balaban J connectivity index is 1.94. The molecule has 0 aromatic heterocycles. The van der Waals surface area contributed by atoms with Crippen molar-refractivity contribution in [3.8, 4) is 0 Å². The van der Waals surface area contributed by atoms with Gasteiger partial charge in [0, 0.05) is 18.4 Å². The Kier molecular flexibility index (Phi) is 4.59. The number of carboxylic acid groups (broad SMARTS) is 1. The average molecular weight is 261 g/mol. The van der Waals surface area contributed by atoms with Gasteiger partial charge in [-0.2, -0.15) is 0 Å². The van der Waals surface area contributed by atoms with Crippen LogP contribution in [0.15, 0.2) is 30.3 Å². The first-order valence-electron chi connectivity index (χ1n) is 7.10. The number of hydrogen-bond donors (Lipinski definition) is 1. The van der Waals surface area contributed by atoms with Gasteiger partial charge >= 0.3 is 5.97 Å². The first-order valence-corrected chi connectivity index (χ1v) is 7.10. The van der Waals surface area contributed by atoms with Crippen LogP contribution in [0.3, 0.4) is 0 Å². The van der Waals surface area contributed by atoms with Crippen LogP contribution in [0.25, 0.3) is 0 Å². The number of carbonyl (C=O) groups is 1. The van der Waals surface area contributed by atoms with Gasteiger partial charge in [0.2, 0.25) is 0 Å². The molecule has 2 rings (SSSR count). The average Bonchev–Trinajstić information content (AvgIpc) is 2.39. The first kappa shape index (κ1) is 14.1. The summed E-state index contributed by atoms with van der Waals surface area (Å²) in [4.78, 5) is 13.0. The van der Waals surface area contributed by atoms with E-state index in [4.69, 9.17) is 5.11 Å². The number of nitrogens with zero attached hydrogens (tertiary/aromatic N) is 1. The molecule has 1 aliphatic heterocycles. The molecule has 1 N–H and O–H groups in total. The largest absolute Gasteiger partial charge is 0.481 e. The van der Waals surface area contributed by atoms with Crippen molar-refractivity contribution >= 4 is 5.97 Å². The highest BCUT2D eigenvalue weighted by molar-refractivity contribution is 5.66. The molecule has 104 valence electrons. The number of benzene rings is 1. The first-order chi connectivity index (χ1) is 9.10.